The topological polar surface area (TPSA) is 29.3 Å². The van der Waals surface area contributed by atoms with Crippen LogP contribution < -0.4 is 5.73 Å². The molecular formula is C14H22N2. The van der Waals surface area contributed by atoms with Crippen molar-refractivity contribution in [2.24, 2.45) is 5.73 Å². The van der Waals surface area contributed by atoms with Gasteiger partial charge in [0.05, 0.1) is 0 Å². The van der Waals surface area contributed by atoms with E-state index >= 15 is 0 Å². The third kappa shape index (κ3) is 2.63. The van der Waals surface area contributed by atoms with Crippen molar-refractivity contribution in [1.29, 1.82) is 0 Å². The summed E-state index contributed by atoms with van der Waals surface area (Å²) < 4.78 is 0. The minimum absolute atomic E-state index is 0.605. The molecular weight excluding hydrogens is 196 g/mol. The smallest absolute Gasteiger partial charge is 0.0219 e. The van der Waals surface area contributed by atoms with Crippen LogP contribution in [0.5, 0.6) is 0 Å². The summed E-state index contributed by atoms with van der Waals surface area (Å²) in [4.78, 5) is 2.55. The minimum atomic E-state index is 0.605. The zero-order valence-corrected chi connectivity index (χ0v) is 10.1. The summed E-state index contributed by atoms with van der Waals surface area (Å²) in [6.45, 7) is 5.48. The lowest BCUT2D eigenvalue weighted by Crippen LogP contribution is -2.37. The molecule has 0 spiro atoms. The van der Waals surface area contributed by atoms with Crippen molar-refractivity contribution in [2.75, 3.05) is 19.6 Å². The Morgan fingerprint density at radius 1 is 1.38 bits per heavy atom. The molecule has 88 valence electrons. The fourth-order valence-electron chi connectivity index (χ4n) is 2.64. The lowest BCUT2D eigenvalue weighted by Gasteiger charge is -2.26. The Bertz CT molecular complexity index is 310. The SMILES string of the molecule is CC(CN1CCCC1CN)c1ccccc1. The summed E-state index contributed by atoms with van der Waals surface area (Å²) in [5.74, 6) is 0.605. The number of rotatable bonds is 4. The summed E-state index contributed by atoms with van der Waals surface area (Å²) in [5, 5.41) is 0. The minimum Gasteiger partial charge on any atom is -0.329 e. The maximum atomic E-state index is 5.80. The number of hydrogen-bond acceptors (Lipinski definition) is 2. The molecule has 1 aliphatic rings. The highest BCUT2D eigenvalue weighted by Gasteiger charge is 2.24. The first-order valence-corrected chi connectivity index (χ1v) is 6.30. The Kier molecular flexibility index (Phi) is 3.97. The van der Waals surface area contributed by atoms with Gasteiger partial charge < -0.3 is 5.73 Å². The van der Waals surface area contributed by atoms with Crippen LogP contribution in [0.25, 0.3) is 0 Å². The van der Waals surface area contributed by atoms with E-state index in [0.717, 1.165) is 13.1 Å². The molecule has 1 fully saturated rings. The highest BCUT2D eigenvalue weighted by Crippen LogP contribution is 2.22. The summed E-state index contributed by atoms with van der Waals surface area (Å²) >= 11 is 0. The zero-order valence-electron chi connectivity index (χ0n) is 10.1. The van der Waals surface area contributed by atoms with Gasteiger partial charge in [-0.1, -0.05) is 37.3 Å². The van der Waals surface area contributed by atoms with Gasteiger partial charge in [0, 0.05) is 19.1 Å². The lowest BCUT2D eigenvalue weighted by atomic mass is 10.0. The van der Waals surface area contributed by atoms with Crippen molar-refractivity contribution in [3.05, 3.63) is 35.9 Å². The van der Waals surface area contributed by atoms with E-state index in [1.54, 1.807) is 0 Å². The number of benzene rings is 1. The Hall–Kier alpha value is -0.860. The largest absolute Gasteiger partial charge is 0.329 e. The second-order valence-corrected chi connectivity index (χ2v) is 4.84. The lowest BCUT2D eigenvalue weighted by molar-refractivity contribution is 0.246. The van der Waals surface area contributed by atoms with Crippen molar-refractivity contribution < 1.29 is 0 Å². The highest BCUT2D eigenvalue weighted by atomic mass is 15.2. The van der Waals surface area contributed by atoms with Crippen LogP contribution in [-0.4, -0.2) is 30.6 Å². The van der Waals surface area contributed by atoms with Gasteiger partial charge in [-0.2, -0.15) is 0 Å². The molecule has 2 nitrogen and oxygen atoms in total. The van der Waals surface area contributed by atoms with Gasteiger partial charge in [-0.25, -0.2) is 0 Å². The molecule has 1 heterocycles. The van der Waals surface area contributed by atoms with E-state index in [-0.39, 0.29) is 0 Å². The molecule has 0 aromatic heterocycles. The first-order chi connectivity index (χ1) is 7.81. The summed E-state index contributed by atoms with van der Waals surface area (Å²) in [5.41, 5.74) is 7.23. The fraction of sp³-hybridized carbons (Fsp3) is 0.571. The van der Waals surface area contributed by atoms with Gasteiger partial charge in [0.25, 0.3) is 0 Å². The van der Waals surface area contributed by atoms with Crippen LogP contribution in [0, 0.1) is 0 Å². The van der Waals surface area contributed by atoms with Crippen molar-refractivity contribution >= 4 is 0 Å². The summed E-state index contributed by atoms with van der Waals surface area (Å²) in [6.07, 6.45) is 2.58. The standard InChI is InChI=1S/C14H22N2/c1-12(13-6-3-2-4-7-13)11-16-9-5-8-14(16)10-15/h2-4,6-7,12,14H,5,8-11,15H2,1H3. The van der Waals surface area contributed by atoms with Crippen LogP contribution in [0.1, 0.15) is 31.2 Å². The van der Waals surface area contributed by atoms with Crippen molar-refractivity contribution in [3.63, 3.8) is 0 Å². The van der Waals surface area contributed by atoms with E-state index in [1.165, 1.54) is 24.9 Å². The predicted molar refractivity (Wildman–Crippen MR) is 68.5 cm³/mol. The van der Waals surface area contributed by atoms with E-state index in [4.69, 9.17) is 5.73 Å². The normalized spacial score (nSPS) is 23.5. The molecule has 0 amide bonds. The van der Waals surface area contributed by atoms with Gasteiger partial charge in [-0.15, -0.1) is 0 Å². The van der Waals surface area contributed by atoms with Crippen molar-refractivity contribution in [3.8, 4) is 0 Å². The Morgan fingerprint density at radius 2 is 2.12 bits per heavy atom. The first kappa shape index (κ1) is 11.6. The predicted octanol–water partition coefficient (Wildman–Crippen LogP) is 2.21. The van der Waals surface area contributed by atoms with E-state index in [0.29, 0.717) is 12.0 Å². The second kappa shape index (κ2) is 5.46. The molecule has 2 atom stereocenters. The molecule has 1 aromatic carbocycles. The monoisotopic (exact) mass is 218 g/mol. The van der Waals surface area contributed by atoms with E-state index in [2.05, 4.69) is 42.2 Å². The summed E-state index contributed by atoms with van der Waals surface area (Å²) in [6, 6.07) is 11.4. The third-order valence-corrected chi connectivity index (χ3v) is 3.65. The van der Waals surface area contributed by atoms with E-state index in [1.807, 2.05) is 0 Å². The van der Waals surface area contributed by atoms with Crippen molar-refractivity contribution in [2.45, 2.75) is 31.7 Å². The molecule has 2 rings (SSSR count). The molecule has 1 aromatic rings. The number of nitrogens with two attached hydrogens (primary N) is 1. The number of hydrogen-bond donors (Lipinski definition) is 1. The quantitative estimate of drug-likeness (QED) is 0.839. The molecule has 0 radical (unpaired) electrons. The van der Waals surface area contributed by atoms with E-state index < -0.39 is 0 Å². The average molecular weight is 218 g/mol. The summed E-state index contributed by atoms with van der Waals surface area (Å²) in [7, 11) is 0. The van der Waals surface area contributed by atoms with Gasteiger partial charge in [-0.05, 0) is 30.9 Å². The van der Waals surface area contributed by atoms with Crippen molar-refractivity contribution in [1.82, 2.24) is 4.90 Å². The second-order valence-electron chi connectivity index (χ2n) is 4.84. The zero-order chi connectivity index (χ0) is 11.4. The van der Waals surface area contributed by atoms with Crippen LogP contribution in [0.4, 0.5) is 0 Å². The molecule has 2 unspecified atom stereocenters. The van der Waals surface area contributed by atoms with Crippen LogP contribution in [0.15, 0.2) is 30.3 Å². The van der Waals surface area contributed by atoms with Crippen LogP contribution >= 0.6 is 0 Å². The highest BCUT2D eigenvalue weighted by molar-refractivity contribution is 5.19. The molecule has 16 heavy (non-hydrogen) atoms. The van der Waals surface area contributed by atoms with Crippen LogP contribution in [0.2, 0.25) is 0 Å². The van der Waals surface area contributed by atoms with Gasteiger partial charge in [0.1, 0.15) is 0 Å². The maximum absolute atomic E-state index is 5.80. The molecule has 0 aliphatic carbocycles. The van der Waals surface area contributed by atoms with Gasteiger partial charge >= 0.3 is 0 Å². The average Bonchev–Trinajstić information content (AvgIpc) is 2.77. The molecule has 0 bridgehead atoms. The molecule has 0 saturated carbocycles. The first-order valence-electron chi connectivity index (χ1n) is 6.30. The fourth-order valence-corrected chi connectivity index (χ4v) is 2.64. The Labute approximate surface area is 98.4 Å². The molecule has 1 saturated heterocycles. The number of nitrogens with zero attached hydrogens (tertiary/aromatic N) is 1. The molecule has 2 heteroatoms. The van der Waals surface area contributed by atoms with Crippen LogP contribution in [0.3, 0.4) is 0 Å². The van der Waals surface area contributed by atoms with Gasteiger partial charge in [0.15, 0.2) is 0 Å². The number of likely N-dealkylation sites (tertiary alicyclic amines) is 1. The van der Waals surface area contributed by atoms with Crippen LogP contribution in [-0.2, 0) is 0 Å². The Morgan fingerprint density at radius 3 is 2.81 bits per heavy atom. The molecule has 1 aliphatic heterocycles. The van der Waals surface area contributed by atoms with Gasteiger partial charge in [0.2, 0.25) is 0 Å². The van der Waals surface area contributed by atoms with Gasteiger partial charge in [-0.3, -0.25) is 4.90 Å². The van der Waals surface area contributed by atoms with E-state index in [9.17, 15) is 0 Å². The maximum Gasteiger partial charge on any atom is 0.0219 e. The molecule has 2 N–H and O–H groups in total. The third-order valence-electron chi connectivity index (χ3n) is 3.65. The Balaban J connectivity index is 1.94.